The maximum Gasteiger partial charge on any atom is 0.291 e. The van der Waals surface area contributed by atoms with Crippen molar-refractivity contribution in [2.45, 2.75) is 13.3 Å². The summed E-state index contributed by atoms with van der Waals surface area (Å²) in [6, 6.07) is 17.3. The number of fused-ring (bicyclic) bond motifs is 1. The summed E-state index contributed by atoms with van der Waals surface area (Å²) in [5.74, 6) is 3.13. The van der Waals surface area contributed by atoms with Gasteiger partial charge in [-0.15, -0.1) is 5.10 Å². The first kappa shape index (κ1) is 24.0. The van der Waals surface area contributed by atoms with E-state index in [0.717, 1.165) is 27.8 Å². The predicted octanol–water partition coefficient (Wildman–Crippen LogP) is 5.69. The van der Waals surface area contributed by atoms with Crippen LogP contribution in [0.4, 0.5) is 0 Å². The molecule has 0 radical (unpaired) electrons. The van der Waals surface area contributed by atoms with Crippen LogP contribution in [0.1, 0.15) is 30.5 Å². The van der Waals surface area contributed by atoms with Crippen molar-refractivity contribution in [3.63, 3.8) is 0 Å². The van der Waals surface area contributed by atoms with Gasteiger partial charge in [0.25, 0.3) is 5.56 Å². The molecule has 0 saturated heterocycles. The summed E-state index contributed by atoms with van der Waals surface area (Å²) in [4.78, 5) is 17.9. The molecule has 0 amide bonds. The molecule has 0 aliphatic carbocycles. The number of furan rings is 1. The maximum absolute atomic E-state index is 12.9. The van der Waals surface area contributed by atoms with Gasteiger partial charge in [0.05, 0.1) is 13.7 Å². The molecule has 0 saturated carbocycles. The van der Waals surface area contributed by atoms with Crippen molar-refractivity contribution in [2.75, 3.05) is 13.7 Å². The largest absolute Gasteiger partial charge is 0.493 e. The highest BCUT2D eigenvalue weighted by Crippen LogP contribution is 2.29. The Morgan fingerprint density at radius 3 is 2.78 bits per heavy atom. The number of hydrogen-bond acceptors (Lipinski definition) is 7. The smallest absolute Gasteiger partial charge is 0.291 e. The van der Waals surface area contributed by atoms with E-state index in [1.807, 2.05) is 60.7 Å². The fourth-order valence-electron chi connectivity index (χ4n) is 3.57. The van der Waals surface area contributed by atoms with Gasteiger partial charge < -0.3 is 13.9 Å². The van der Waals surface area contributed by atoms with E-state index in [1.54, 1.807) is 19.3 Å². The maximum atomic E-state index is 12.9. The van der Waals surface area contributed by atoms with Crippen LogP contribution in [0.15, 0.2) is 68.3 Å². The lowest BCUT2D eigenvalue weighted by atomic mass is 10.2. The van der Waals surface area contributed by atoms with Crippen LogP contribution in [0.25, 0.3) is 34.5 Å². The summed E-state index contributed by atoms with van der Waals surface area (Å²) in [5.41, 5.74) is 1.62. The molecule has 3 aromatic heterocycles. The summed E-state index contributed by atoms with van der Waals surface area (Å²) in [5, 5.41) is 4.36. The number of aromatic nitrogens is 3. The fraction of sp³-hybridized carbons (Fsp3) is 0.148. The van der Waals surface area contributed by atoms with Crippen LogP contribution in [0.3, 0.4) is 0 Å². The Kier molecular flexibility index (Phi) is 7.02. The second kappa shape index (κ2) is 10.5. The molecule has 5 rings (SSSR count). The van der Waals surface area contributed by atoms with Crippen LogP contribution in [0, 0.1) is 0 Å². The highest BCUT2D eigenvalue weighted by Gasteiger charge is 2.11. The van der Waals surface area contributed by atoms with Gasteiger partial charge in [0.1, 0.15) is 16.1 Å². The Morgan fingerprint density at radius 2 is 2.00 bits per heavy atom. The Balaban J connectivity index is 1.37. The standard InChI is InChI=1S/C27H22BrN3O4S/c1-3-13-34-22-10-7-17(14-23(22)33-2)8-12-25-29-27-31(30-25)26(32)24(36-27)16-20-9-11-21(35-20)18-5-4-6-19(28)15-18/h4-12,14-16H,3,13H2,1-2H3/b12-8+,24-16-. The van der Waals surface area contributed by atoms with Crippen LogP contribution in [0.5, 0.6) is 11.5 Å². The van der Waals surface area contributed by atoms with E-state index < -0.39 is 0 Å². The van der Waals surface area contributed by atoms with E-state index in [4.69, 9.17) is 13.9 Å². The molecule has 36 heavy (non-hydrogen) atoms. The molecule has 3 heterocycles. The minimum Gasteiger partial charge on any atom is -0.493 e. The van der Waals surface area contributed by atoms with Gasteiger partial charge in [-0.2, -0.15) is 9.50 Å². The average Bonchev–Trinajstić information content (AvgIpc) is 3.59. The molecular weight excluding hydrogens is 542 g/mol. The topological polar surface area (TPSA) is 78.9 Å². The molecule has 5 aromatic rings. The molecule has 0 bridgehead atoms. The summed E-state index contributed by atoms with van der Waals surface area (Å²) in [7, 11) is 1.61. The third kappa shape index (κ3) is 5.12. The lowest BCUT2D eigenvalue weighted by Crippen LogP contribution is -2.23. The second-order valence-corrected chi connectivity index (χ2v) is 9.81. The van der Waals surface area contributed by atoms with Crippen molar-refractivity contribution in [3.8, 4) is 22.8 Å². The fourth-order valence-corrected chi connectivity index (χ4v) is 4.86. The van der Waals surface area contributed by atoms with E-state index >= 15 is 0 Å². The SMILES string of the molecule is CCCOc1ccc(/C=C/c2nc3s/c(=C\c4ccc(-c5cccc(Br)c5)o4)c(=O)n3n2)cc1OC. The zero-order valence-electron chi connectivity index (χ0n) is 19.6. The van der Waals surface area contributed by atoms with Crippen molar-refractivity contribution in [2.24, 2.45) is 0 Å². The second-order valence-electron chi connectivity index (χ2n) is 7.88. The van der Waals surface area contributed by atoms with Gasteiger partial charge in [0.2, 0.25) is 4.96 Å². The molecule has 182 valence electrons. The number of thiazole rings is 1. The number of methoxy groups -OCH3 is 1. The lowest BCUT2D eigenvalue weighted by molar-refractivity contribution is 0.294. The molecule has 0 spiro atoms. The average molecular weight is 564 g/mol. The van der Waals surface area contributed by atoms with E-state index in [9.17, 15) is 4.79 Å². The number of nitrogens with zero attached hydrogens (tertiary/aromatic N) is 3. The molecule has 0 atom stereocenters. The first-order valence-electron chi connectivity index (χ1n) is 11.3. The quantitative estimate of drug-likeness (QED) is 0.241. The van der Waals surface area contributed by atoms with E-state index in [0.29, 0.717) is 39.2 Å². The van der Waals surface area contributed by atoms with Gasteiger partial charge >= 0.3 is 0 Å². The van der Waals surface area contributed by atoms with Crippen molar-refractivity contribution >= 4 is 50.5 Å². The van der Waals surface area contributed by atoms with Gasteiger partial charge in [0, 0.05) is 16.1 Å². The molecule has 0 aliphatic rings. The minimum absolute atomic E-state index is 0.235. The zero-order chi connectivity index (χ0) is 25.1. The Bertz CT molecular complexity index is 1670. The number of ether oxygens (including phenoxy) is 2. The molecular formula is C27H22BrN3O4S. The van der Waals surface area contributed by atoms with Crippen molar-refractivity contribution < 1.29 is 13.9 Å². The zero-order valence-corrected chi connectivity index (χ0v) is 22.0. The first-order chi connectivity index (χ1) is 17.5. The Labute approximate surface area is 219 Å². The van der Waals surface area contributed by atoms with Gasteiger partial charge in [-0.1, -0.05) is 58.5 Å². The van der Waals surface area contributed by atoms with Crippen molar-refractivity contribution in [1.29, 1.82) is 0 Å². The van der Waals surface area contributed by atoms with E-state index in [-0.39, 0.29) is 5.56 Å². The third-order valence-corrected chi connectivity index (χ3v) is 6.73. The van der Waals surface area contributed by atoms with E-state index in [1.165, 1.54) is 15.9 Å². The van der Waals surface area contributed by atoms with Crippen LogP contribution in [-0.2, 0) is 0 Å². The number of halogens is 1. The Morgan fingerprint density at radius 1 is 1.11 bits per heavy atom. The van der Waals surface area contributed by atoms with E-state index in [2.05, 4.69) is 32.9 Å². The summed E-state index contributed by atoms with van der Waals surface area (Å²) in [6.07, 6.45) is 6.27. The van der Waals surface area contributed by atoms with Crippen LogP contribution < -0.4 is 19.6 Å². The predicted molar refractivity (Wildman–Crippen MR) is 145 cm³/mol. The molecule has 7 nitrogen and oxygen atoms in total. The molecule has 0 aliphatic heterocycles. The minimum atomic E-state index is -0.235. The van der Waals surface area contributed by atoms with Gasteiger partial charge in [-0.3, -0.25) is 4.79 Å². The summed E-state index contributed by atoms with van der Waals surface area (Å²) < 4.78 is 19.8. The monoisotopic (exact) mass is 563 g/mol. The van der Waals surface area contributed by atoms with Crippen molar-refractivity contribution in [3.05, 3.63) is 91.1 Å². The van der Waals surface area contributed by atoms with Crippen LogP contribution >= 0.6 is 27.3 Å². The van der Waals surface area contributed by atoms with Gasteiger partial charge in [-0.25, -0.2) is 0 Å². The third-order valence-electron chi connectivity index (χ3n) is 5.28. The number of benzene rings is 2. The molecule has 0 N–H and O–H groups in total. The molecule has 0 unspecified atom stereocenters. The van der Waals surface area contributed by atoms with Crippen molar-refractivity contribution in [1.82, 2.24) is 14.6 Å². The van der Waals surface area contributed by atoms with Crippen LogP contribution in [-0.4, -0.2) is 28.3 Å². The number of hydrogen-bond donors (Lipinski definition) is 0. The van der Waals surface area contributed by atoms with Gasteiger partial charge in [-0.05, 0) is 54.5 Å². The molecule has 0 fully saturated rings. The van der Waals surface area contributed by atoms with Gasteiger partial charge in [0.15, 0.2) is 17.3 Å². The number of rotatable bonds is 8. The highest BCUT2D eigenvalue weighted by atomic mass is 79.9. The summed E-state index contributed by atoms with van der Waals surface area (Å²) in [6.45, 7) is 2.68. The molecule has 2 aromatic carbocycles. The lowest BCUT2D eigenvalue weighted by Gasteiger charge is -2.10. The highest BCUT2D eigenvalue weighted by molar-refractivity contribution is 9.10. The van der Waals surface area contributed by atoms with Crippen LogP contribution in [0.2, 0.25) is 0 Å². The normalized spacial score (nSPS) is 12.1. The Hall–Kier alpha value is -3.69. The summed E-state index contributed by atoms with van der Waals surface area (Å²) >= 11 is 4.74. The first-order valence-corrected chi connectivity index (χ1v) is 12.9. The molecule has 9 heteroatoms.